The number of methoxy groups -OCH3 is 1. The molecule has 1 fully saturated rings. The maximum atomic E-state index is 11.8. The lowest BCUT2D eigenvalue weighted by molar-refractivity contribution is -0.156. The Labute approximate surface area is 194 Å². The van der Waals surface area contributed by atoms with Crippen LogP contribution in [0.5, 0.6) is 5.75 Å². The van der Waals surface area contributed by atoms with E-state index >= 15 is 0 Å². The number of hydrogen-bond acceptors (Lipinski definition) is 5. The molecule has 4 rings (SSSR count). The summed E-state index contributed by atoms with van der Waals surface area (Å²) in [5.41, 5.74) is 5.90. The predicted octanol–water partition coefficient (Wildman–Crippen LogP) is 5.63. The number of carbonyl (C=O) groups is 1. The molecule has 5 nitrogen and oxygen atoms in total. The highest BCUT2D eigenvalue weighted by molar-refractivity contribution is 5.78. The first kappa shape index (κ1) is 22.7. The van der Waals surface area contributed by atoms with E-state index in [4.69, 9.17) is 14.5 Å². The van der Waals surface area contributed by atoms with Gasteiger partial charge in [0.2, 0.25) is 0 Å². The topological polar surface area (TPSA) is 68.7 Å². The van der Waals surface area contributed by atoms with Gasteiger partial charge < -0.3 is 14.6 Å². The third kappa shape index (κ3) is 5.32. The van der Waals surface area contributed by atoms with Crippen LogP contribution in [0.1, 0.15) is 43.7 Å². The van der Waals surface area contributed by atoms with E-state index in [9.17, 15) is 9.90 Å². The molecule has 1 aliphatic heterocycles. The molecule has 0 spiro atoms. The molecule has 2 heterocycles. The van der Waals surface area contributed by atoms with E-state index in [1.807, 2.05) is 54.6 Å². The van der Waals surface area contributed by atoms with Crippen molar-refractivity contribution in [2.45, 2.75) is 44.8 Å². The number of hydrogen-bond donors (Lipinski definition) is 1. The fourth-order valence-electron chi connectivity index (χ4n) is 4.08. The standard InChI is InChI=1S/C28H29NO4/c1-18(2)25-17-26(19-7-5-4-6-8-19)29-28(20-9-11-22(32-3)12-10-20)24(25)14-13-23-15-21(30)16-27(31)33-23/h4-14,17-18,21,23,30H,15-16H2,1-3H3/t21-,23-/m1/s1. The van der Waals surface area contributed by atoms with Crippen LogP contribution in [0.2, 0.25) is 0 Å². The van der Waals surface area contributed by atoms with Crippen LogP contribution < -0.4 is 4.74 Å². The third-order valence-electron chi connectivity index (χ3n) is 5.81. The number of aromatic nitrogens is 1. The van der Waals surface area contributed by atoms with E-state index in [1.165, 1.54) is 0 Å². The van der Waals surface area contributed by atoms with Crippen molar-refractivity contribution in [3.05, 3.63) is 77.9 Å². The summed E-state index contributed by atoms with van der Waals surface area (Å²) in [4.78, 5) is 16.8. The van der Waals surface area contributed by atoms with Crippen molar-refractivity contribution in [2.24, 2.45) is 0 Å². The van der Waals surface area contributed by atoms with Gasteiger partial charge in [-0.3, -0.25) is 4.79 Å². The minimum atomic E-state index is -0.676. The Balaban J connectivity index is 1.85. The molecule has 1 saturated heterocycles. The number of carbonyl (C=O) groups excluding carboxylic acids is 1. The number of nitrogens with zero attached hydrogens (tertiary/aromatic N) is 1. The van der Waals surface area contributed by atoms with Crippen LogP contribution in [0.4, 0.5) is 0 Å². The van der Waals surface area contributed by atoms with Gasteiger partial charge in [-0.05, 0) is 47.9 Å². The summed E-state index contributed by atoms with van der Waals surface area (Å²) in [6, 6.07) is 20.1. The fraction of sp³-hybridized carbons (Fsp3) is 0.286. The van der Waals surface area contributed by atoms with Crippen molar-refractivity contribution in [1.82, 2.24) is 4.98 Å². The first-order valence-electron chi connectivity index (χ1n) is 11.2. The number of benzene rings is 2. The smallest absolute Gasteiger partial charge is 0.309 e. The summed E-state index contributed by atoms with van der Waals surface area (Å²) in [5.74, 6) is 0.647. The molecule has 1 N–H and O–H groups in total. The summed E-state index contributed by atoms with van der Waals surface area (Å²) >= 11 is 0. The largest absolute Gasteiger partial charge is 0.497 e. The first-order valence-corrected chi connectivity index (χ1v) is 11.2. The molecular formula is C28H29NO4. The Morgan fingerprint density at radius 3 is 2.45 bits per heavy atom. The highest BCUT2D eigenvalue weighted by Gasteiger charge is 2.25. The van der Waals surface area contributed by atoms with Crippen molar-refractivity contribution in [2.75, 3.05) is 7.11 Å². The second-order valence-electron chi connectivity index (χ2n) is 8.59. The van der Waals surface area contributed by atoms with E-state index in [-0.39, 0.29) is 18.3 Å². The minimum absolute atomic E-state index is 0.0476. The molecule has 0 unspecified atom stereocenters. The summed E-state index contributed by atoms with van der Waals surface area (Å²) in [6.45, 7) is 4.31. The SMILES string of the molecule is COc1ccc(-c2nc(-c3ccccc3)cc(C(C)C)c2C=C[C@@H]2C[C@@H](O)CC(=O)O2)cc1. The molecule has 1 aliphatic rings. The maximum absolute atomic E-state index is 11.8. The molecule has 2 aromatic carbocycles. The van der Waals surface area contributed by atoms with Gasteiger partial charge in [0.1, 0.15) is 11.9 Å². The zero-order chi connectivity index (χ0) is 23.4. The van der Waals surface area contributed by atoms with Crippen LogP contribution in [-0.2, 0) is 9.53 Å². The lowest BCUT2D eigenvalue weighted by Crippen LogP contribution is -2.31. The Morgan fingerprint density at radius 1 is 1.09 bits per heavy atom. The number of aliphatic hydroxyl groups excluding tert-OH is 1. The minimum Gasteiger partial charge on any atom is -0.497 e. The maximum Gasteiger partial charge on any atom is 0.309 e. The molecule has 3 aromatic rings. The summed E-state index contributed by atoms with van der Waals surface area (Å²) in [7, 11) is 1.65. The van der Waals surface area contributed by atoms with Gasteiger partial charge in [0.15, 0.2) is 0 Å². The second kappa shape index (κ2) is 10.0. The third-order valence-corrected chi connectivity index (χ3v) is 5.81. The van der Waals surface area contributed by atoms with E-state index in [0.717, 1.165) is 39.4 Å². The molecular weight excluding hydrogens is 414 g/mol. The summed E-state index contributed by atoms with van der Waals surface area (Å²) in [5, 5.41) is 9.98. The van der Waals surface area contributed by atoms with E-state index in [1.54, 1.807) is 7.11 Å². The normalized spacial score (nSPS) is 18.5. The molecule has 0 amide bonds. The average molecular weight is 444 g/mol. The van der Waals surface area contributed by atoms with Gasteiger partial charge in [0.25, 0.3) is 0 Å². The monoisotopic (exact) mass is 443 g/mol. The van der Waals surface area contributed by atoms with Crippen molar-refractivity contribution in [3.8, 4) is 28.3 Å². The highest BCUT2D eigenvalue weighted by atomic mass is 16.5. The summed E-state index contributed by atoms with van der Waals surface area (Å²) in [6.07, 6.45) is 3.15. The fourth-order valence-corrected chi connectivity index (χ4v) is 4.08. The van der Waals surface area contributed by atoms with E-state index in [0.29, 0.717) is 6.42 Å². The van der Waals surface area contributed by atoms with Gasteiger partial charge in [-0.25, -0.2) is 4.98 Å². The van der Waals surface area contributed by atoms with Crippen LogP contribution >= 0.6 is 0 Å². The summed E-state index contributed by atoms with van der Waals surface area (Å²) < 4.78 is 10.8. The van der Waals surface area contributed by atoms with Crippen molar-refractivity contribution in [1.29, 1.82) is 0 Å². The van der Waals surface area contributed by atoms with Crippen molar-refractivity contribution >= 4 is 12.0 Å². The molecule has 0 radical (unpaired) electrons. The van der Waals surface area contributed by atoms with Crippen LogP contribution in [0.25, 0.3) is 28.6 Å². The molecule has 5 heteroatoms. The number of rotatable bonds is 6. The number of pyridine rings is 1. The zero-order valence-electron chi connectivity index (χ0n) is 19.2. The van der Waals surface area contributed by atoms with Crippen molar-refractivity contribution in [3.63, 3.8) is 0 Å². The molecule has 0 bridgehead atoms. The quantitative estimate of drug-likeness (QED) is 0.500. The van der Waals surface area contributed by atoms with Crippen LogP contribution in [-0.4, -0.2) is 35.4 Å². The number of aliphatic hydroxyl groups is 1. The Kier molecular flexibility index (Phi) is 6.90. The van der Waals surface area contributed by atoms with Crippen LogP contribution in [0, 0.1) is 0 Å². The zero-order valence-corrected chi connectivity index (χ0v) is 19.2. The molecule has 1 aromatic heterocycles. The number of ether oxygens (including phenoxy) is 2. The number of cyclic esters (lactones) is 1. The molecule has 33 heavy (non-hydrogen) atoms. The lowest BCUT2D eigenvalue weighted by Gasteiger charge is -2.24. The molecule has 0 aliphatic carbocycles. The predicted molar refractivity (Wildman–Crippen MR) is 130 cm³/mol. The Hall–Kier alpha value is -3.44. The van der Waals surface area contributed by atoms with Crippen LogP contribution in [0.3, 0.4) is 0 Å². The van der Waals surface area contributed by atoms with Crippen molar-refractivity contribution < 1.29 is 19.4 Å². The Morgan fingerprint density at radius 2 is 1.82 bits per heavy atom. The highest BCUT2D eigenvalue weighted by Crippen LogP contribution is 2.35. The van der Waals surface area contributed by atoms with Gasteiger partial charge in [-0.1, -0.05) is 50.3 Å². The molecule has 170 valence electrons. The lowest BCUT2D eigenvalue weighted by atomic mass is 9.91. The van der Waals surface area contributed by atoms with Crippen LogP contribution in [0.15, 0.2) is 66.7 Å². The van der Waals surface area contributed by atoms with Gasteiger partial charge in [-0.15, -0.1) is 0 Å². The van der Waals surface area contributed by atoms with Gasteiger partial charge in [-0.2, -0.15) is 0 Å². The number of esters is 1. The average Bonchev–Trinajstić information content (AvgIpc) is 2.82. The molecule has 2 atom stereocenters. The van der Waals surface area contributed by atoms with Gasteiger partial charge >= 0.3 is 5.97 Å². The van der Waals surface area contributed by atoms with Gasteiger partial charge in [0, 0.05) is 23.1 Å². The Bertz CT molecular complexity index is 1140. The van der Waals surface area contributed by atoms with Gasteiger partial charge in [0.05, 0.1) is 31.0 Å². The first-order chi connectivity index (χ1) is 15.9. The van der Waals surface area contributed by atoms with E-state index < -0.39 is 12.2 Å². The van der Waals surface area contributed by atoms with E-state index in [2.05, 4.69) is 32.0 Å². The second-order valence-corrected chi connectivity index (χ2v) is 8.59. The molecule has 0 saturated carbocycles.